The number of nitrogens with one attached hydrogen (secondary N) is 2. The van der Waals surface area contributed by atoms with Gasteiger partial charge in [0.05, 0.1) is 18.3 Å². The second-order valence-electron chi connectivity index (χ2n) is 8.42. The summed E-state index contributed by atoms with van der Waals surface area (Å²) in [4.78, 5) is 32.8. The van der Waals surface area contributed by atoms with E-state index in [0.717, 1.165) is 10.9 Å². The molecule has 1 aromatic carbocycles. The molecule has 3 heterocycles. The molecule has 2 aromatic heterocycles. The molecule has 0 aliphatic carbocycles. The fourth-order valence-corrected chi connectivity index (χ4v) is 3.34. The van der Waals surface area contributed by atoms with E-state index < -0.39 is 11.5 Å². The summed E-state index contributed by atoms with van der Waals surface area (Å²) >= 11 is 0. The number of carbonyl (C=O) groups is 2. The molecule has 0 unspecified atom stereocenters. The molecule has 4 rings (SSSR count). The van der Waals surface area contributed by atoms with Crippen molar-refractivity contribution in [3.05, 3.63) is 30.3 Å². The summed E-state index contributed by atoms with van der Waals surface area (Å²) < 4.78 is 16.3. The van der Waals surface area contributed by atoms with Crippen molar-refractivity contribution >= 4 is 34.6 Å². The number of benzene rings is 1. The predicted octanol–water partition coefficient (Wildman–Crippen LogP) is 2.87. The van der Waals surface area contributed by atoms with Gasteiger partial charge in [0.2, 0.25) is 0 Å². The van der Waals surface area contributed by atoms with E-state index in [2.05, 4.69) is 20.5 Å². The lowest BCUT2D eigenvalue weighted by Gasteiger charge is -2.34. The van der Waals surface area contributed by atoms with Crippen LogP contribution in [-0.4, -0.2) is 71.0 Å². The van der Waals surface area contributed by atoms with Gasteiger partial charge in [-0.1, -0.05) is 0 Å². The maximum atomic E-state index is 12.7. The van der Waals surface area contributed by atoms with E-state index in [1.165, 1.54) is 13.4 Å². The van der Waals surface area contributed by atoms with Crippen LogP contribution in [0.4, 0.5) is 16.5 Å². The predicted molar refractivity (Wildman–Crippen MR) is 117 cm³/mol. The smallest absolute Gasteiger partial charge is 0.410 e. The normalized spacial score (nSPS) is 14.5. The Bertz CT molecular complexity index is 1120. The van der Waals surface area contributed by atoms with Gasteiger partial charge in [0.15, 0.2) is 5.69 Å². The summed E-state index contributed by atoms with van der Waals surface area (Å²) in [5.74, 6) is 0.0634. The molecule has 2 N–H and O–H groups in total. The number of aromatic nitrogens is 3. The maximum Gasteiger partial charge on any atom is 0.410 e. The number of nitrogens with zero attached hydrogens (tertiary/aromatic N) is 4. The number of ether oxygens (including phenoxy) is 2. The van der Waals surface area contributed by atoms with Gasteiger partial charge in [-0.3, -0.25) is 9.89 Å². The standard InChI is InChI=1S/C21H26N6O5/c1-21(2,3)32-20(29)27-7-5-26(6-8-27)19-24-16(12-31-19)18(28)23-15-9-13-11-22-25-14(13)10-17(15)30-4/h9-12H,5-8H2,1-4H3,(H,22,25)(H,23,28). The van der Waals surface area contributed by atoms with Crippen LogP contribution in [-0.2, 0) is 4.74 Å². The molecular weight excluding hydrogens is 416 g/mol. The lowest BCUT2D eigenvalue weighted by molar-refractivity contribution is 0.0239. The van der Waals surface area contributed by atoms with Crippen molar-refractivity contribution in [2.75, 3.05) is 43.5 Å². The Morgan fingerprint density at radius 3 is 2.62 bits per heavy atom. The topological polar surface area (TPSA) is 126 Å². The first-order valence-corrected chi connectivity index (χ1v) is 10.2. The van der Waals surface area contributed by atoms with Gasteiger partial charge in [-0.15, -0.1) is 0 Å². The average Bonchev–Trinajstić information content (AvgIpc) is 3.41. The minimum atomic E-state index is -0.538. The van der Waals surface area contributed by atoms with Crippen molar-refractivity contribution in [3.8, 4) is 5.75 Å². The summed E-state index contributed by atoms with van der Waals surface area (Å²) in [5.41, 5.74) is 0.837. The number of amides is 2. The molecule has 0 radical (unpaired) electrons. The molecule has 11 heteroatoms. The Labute approximate surface area is 184 Å². The van der Waals surface area contributed by atoms with Gasteiger partial charge >= 0.3 is 6.09 Å². The number of hydrogen-bond donors (Lipinski definition) is 2. The quantitative estimate of drug-likeness (QED) is 0.632. The van der Waals surface area contributed by atoms with Gasteiger partial charge in [-0.25, -0.2) is 4.79 Å². The first kappa shape index (κ1) is 21.5. The van der Waals surface area contributed by atoms with Crippen molar-refractivity contribution < 1.29 is 23.5 Å². The average molecular weight is 442 g/mol. The molecule has 1 saturated heterocycles. The Balaban J connectivity index is 1.39. The zero-order chi connectivity index (χ0) is 22.9. The SMILES string of the molecule is COc1cc2n[nH]cc2cc1NC(=O)c1coc(N2CCN(C(=O)OC(C)(C)C)CC2)n1. The van der Waals surface area contributed by atoms with E-state index in [9.17, 15) is 9.59 Å². The van der Waals surface area contributed by atoms with Crippen LogP contribution < -0.4 is 15.0 Å². The van der Waals surface area contributed by atoms with Crippen LogP contribution >= 0.6 is 0 Å². The van der Waals surface area contributed by atoms with Crippen LogP contribution in [0.5, 0.6) is 5.75 Å². The van der Waals surface area contributed by atoms with E-state index in [4.69, 9.17) is 13.9 Å². The molecule has 170 valence electrons. The second kappa shape index (κ2) is 8.40. The van der Waals surface area contributed by atoms with Crippen LogP contribution in [0.3, 0.4) is 0 Å². The Morgan fingerprint density at radius 1 is 1.19 bits per heavy atom. The second-order valence-corrected chi connectivity index (χ2v) is 8.42. The molecule has 11 nitrogen and oxygen atoms in total. The van der Waals surface area contributed by atoms with Gasteiger partial charge in [0.1, 0.15) is 17.6 Å². The van der Waals surface area contributed by atoms with Gasteiger partial charge in [-0.05, 0) is 26.8 Å². The highest BCUT2D eigenvalue weighted by Crippen LogP contribution is 2.30. The maximum absolute atomic E-state index is 12.7. The molecule has 0 atom stereocenters. The molecule has 3 aromatic rings. The third-order valence-corrected chi connectivity index (χ3v) is 4.93. The van der Waals surface area contributed by atoms with Crippen molar-refractivity contribution in [3.63, 3.8) is 0 Å². The number of hydrogen-bond acceptors (Lipinski definition) is 8. The van der Waals surface area contributed by atoms with Crippen molar-refractivity contribution in [1.29, 1.82) is 0 Å². The van der Waals surface area contributed by atoms with Crippen LogP contribution in [0.2, 0.25) is 0 Å². The molecule has 2 amide bonds. The first-order chi connectivity index (χ1) is 15.2. The number of fused-ring (bicyclic) bond motifs is 1. The van der Waals surface area contributed by atoms with E-state index in [1.54, 1.807) is 23.2 Å². The van der Waals surface area contributed by atoms with Crippen LogP contribution in [0.15, 0.2) is 29.0 Å². The van der Waals surface area contributed by atoms with E-state index >= 15 is 0 Å². The minimum Gasteiger partial charge on any atom is -0.494 e. The van der Waals surface area contributed by atoms with E-state index in [1.807, 2.05) is 25.7 Å². The van der Waals surface area contributed by atoms with Gasteiger partial charge < -0.3 is 29.0 Å². The summed E-state index contributed by atoms with van der Waals surface area (Å²) in [5, 5.41) is 10.5. The van der Waals surface area contributed by atoms with Gasteiger partial charge in [-0.2, -0.15) is 10.1 Å². The molecule has 0 saturated carbocycles. The molecule has 1 fully saturated rings. The Morgan fingerprint density at radius 2 is 1.94 bits per heavy atom. The molecular formula is C21H26N6O5. The lowest BCUT2D eigenvalue weighted by atomic mass is 10.2. The van der Waals surface area contributed by atoms with E-state index in [-0.39, 0.29) is 11.8 Å². The van der Waals surface area contributed by atoms with Gasteiger partial charge in [0.25, 0.3) is 11.9 Å². The van der Waals surface area contributed by atoms with Gasteiger partial charge in [0, 0.05) is 43.8 Å². The number of H-pyrrole nitrogens is 1. The number of anilines is 2. The highest BCUT2D eigenvalue weighted by molar-refractivity contribution is 6.05. The Kier molecular flexibility index (Phi) is 5.64. The molecule has 1 aliphatic heterocycles. The number of oxazole rings is 1. The fourth-order valence-electron chi connectivity index (χ4n) is 3.34. The lowest BCUT2D eigenvalue weighted by Crippen LogP contribution is -2.50. The third-order valence-electron chi connectivity index (χ3n) is 4.93. The minimum absolute atomic E-state index is 0.143. The van der Waals surface area contributed by atoms with Crippen LogP contribution in [0, 0.1) is 0 Å². The number of piperazine rings is 1. The highest BCUT2D eigenvalue weighted by atomic mass is 16.6. The van der Waals surface area contributed by atoms with Crippen molar-refractivity contribution in [2.45, 2.75) is 26.4 Å². The number of rotatable bonds is 4. The zero-order valence-corrected chi connectivity index (χ0v) is 18.5. The largest absolute Gasteiger partial charge is 0.494 e. The van der Waals surface area contributed by atoms with Crippen LogP contribution in [0.1, 0.15) is 31.3 Å². The molecule has 32 heavy (non-hydrogen) atoms. The zero-order valence-electron chi connectivity index (χ0n) is 18.5. The highest BCUT2D eigenvalue weighted by Gasteiger charge is 2.28. The number of carbonyl (C=O) groups excluding carboxylic acids is 2. The number of methoxy groups -OCH3 is 1. The fraction of sp³-hybridized carbons (Fsp3) is 0.429. The van der Waals surface area contributed by atoms with Crippen LogP contribution in [0.25, 0.3) is 10.9 Å². The molecule has 0 spiro atoms. The number of aromatic amines is 1. The molecule has 1 aliphatic rings. The Hall–Kier alpha value is -3.76. The molecule has 0 bridgehead atoms. The van der Waals surface area contributed by atoms with Crippen molar-refractivity contribution in [1.82, 2.24) is 20.1 Å². The van der Waals surface area contributed by atoms with Crippen molar-refractivity contribution in [2.24, 2.45) is 0 Å². The summed E-state index contributed by atoms with van der Waals surface area (Å²) in [6.45, 7) is 7.50. The first-order valence-electron chi connectivity index (χ1n) is 10.2. The third kappa shape index (κ3) is 4.61. The summed E-state index contributed by atoms with van der Waals surface area (Å²) in [6.07, 6.45) is 2.71. The monoisotopic (exact) mass is 442 g/mol. The summed E-state index contributed by atoms with van der Waals surface area (Å²) in [6, 6.07) is 3.84. The van der Waals surface area contributed by atoms with E-state index in [0.29, 0.717) is 43.6 Å². The summed E-state index contributed by atoms with van der Waals surface area (Å²) in [7, 11) is 1.52.